The van der Waals surface area contributed by atoms with Gasteiger partial charge in [0.1, 0.15) is 5.39 Å². The van der Waals surface area contributed by atoms with E-state index in [2.05, 4.69) is 75.9 Å². The summed E-state index contributed by atoms with van der Waals surface area (Å²) in [5, 5.41) is 3.88. The van der Waals surface area contributed by atoms with Crippen molar-refractivity contribution >= 4 is 22.7 Å². The second-order valence-corrected chi connectivity index (χ2v) is 11.9. The van der Waals surface area contributed by atoms with E-state index in [-0.39, 0.29) is 16.4 Å². The molecule has 1 aromatic carbocycles. The predicted molar refractivity (Wildman–Crippen MR) is 149 cm³/mol. The van der Waals surface area contributed by atoms with E-state index in [1.54, 1.807) is 10.9 Å². The van der Waals surface area contributed by atoms with E-state index >= 15 is 0 Å². The van der Waals surface area contributed by atoms with Crippen LogP contribution in [-0.2, 0) is 23.9 Å². The number of anilines is 2. The van der Waals surface area contributed by atoms with Crippen molar-refractivity contribution in [3.63, 3.8) is 0 Å². The summed E-state index contributed by atoms with van der Waals surface area (Å²) >= 11 is 0. The average molecular weight is 500 g/mol. The summed E-state index contributed by atoms with van der Waals surface area (Å²) in [7, 11) is 2.16. The maximum atomic E-state index is 13.2. The molecule has 0 bridgehead atoms. The molecule has 194 valence electrons. The maximum absolute atomic E-state index is 13.2. The molecule has 3 aromatic heterocycles. The van der Waals surface area contributed by atoms with Crippen LogP contribution in [0.15, 0.2) is 41.3 Å². The SMILES string of the molecule is CCn1c(=O)c2cnc(Nc3cc(C)c4c(c3)CN(C)CC4(C)C)nc2n1-c1cccc(C(C)(C)C)n1. The predicted octanol–water partition coefficient (Wildman–Crippen LogP) is 5.07. The minimum absolute atomic E-state index is 0.0914. The molecule has 0 saturated heterocycles. The topological polar surface area (TPSA) is 80.9 Å². The van der Waals surface area contributed by atoms with Crippen LogP contribution >= 0.6 is 0 Å². The summed E-state index contributed by atoms with van der Waals surface area (Å²) in [6, 6.07) is 10.3. The lowest BCUT2D eigenvalue weighted by Crippen LogP contribution is -2.40. The first-order valence-electron chi connectivity index (χ1n) is 12.9. The second-order valence-electron chi connectivity index (χ2n) is 11.9. The minimum Gasteiger partial charge on any atom is -0.324 e. The maximum Gasteiger partial charge on any atom is 0.278 e. The van der Waals surface area contributed by atoms with Gasteiger partial charge in [-0.3, -0.25) is 4.79 Å². The fourth-order valence-electron chi connectivity index (χ4n) is 5.82. The van der Waals surface area contributed by atoms with Crippen molar-refractivity contribution in [3.8, 4) is 5.82 Å². The van der Waals surface area contributed by atoms with Crippen molar-refractivity contribution in [1.29, 1.82) is 0 Å². The zero-order chi connectivity index (χ0) is 26.7. The number of hydrogen-bond donors (Lipinski definition) is 1. The quantitative estimate of drug-likeness (QED) is 0.422. The third-order valence-corrected chi connectivity index (χ3v) is 7.15. The number of likely N-dealkylation sites (N-methyl/N-ethyl adjacent to an activating group) is 1. The molecular formula is C29H37N7O. The molecule has 0 unspecified atom stereocenters. The van der Waals surface area contributed by atoms with Gasteiger partial charge in [-0.1, -0.05) is 40.7 Å². The number of benzene rings is 1. The minimum atomic E-state index is -0.123. The number of nitrogens with one attached hydrogen (secondary N) is 1. The molecule has 4 aromatic rings. The molecule has 8 heteroatoms. The van der Waals surface area contributed by atoms with Gasteiger partial charge in [0, 0.05) is 48.0 Å². The van der Waals surface area contributed by atoms with Crippen LogP contribution in [0.1, 0.15) is 63.9 Å². The molecule has 5 rings (SSSR count). The Bertz CT molecular complexity index is 1560. The van der Waals surface area contributed by atoms with Gasteiger partial charge in [0.2, 0.25) is 5.95 Å². The van der Waals surface area contributed by atoms with Crippen LogP contribution in [0.2, 0.25) is 0 Å². The van der Waals surface area contributed by atoms with Gasteiger partial charge in [0.05, 0.1) is 0 Å². The molecule has 0 fully saturated rings. The average Bonchev–Trinajstić information content (AvgIpc) is 3.08. The molecule has 37 heavy (non-hydrogen) atoms. The van der Waals surface area contributed by atoms with Crippen LogP contribution in [0, 0.1) is 6.92 Å². The number of hydrogen-bond acceptors (Lipinski definition) is 6. The van der Waals surface area contributed by atoms with E-state index in [1.165, 1.54) is 16.7 Å². The first kappa shape index (κ1) is 25.1. The van der Waals surface area contributed by atoms with Gasteiger partial charge in [-0.2, -0.15) is 4.98 Å². The van der Waals surface area contributed by atoms with Gasteiger partial charge >= 0.3 is 0 Å². The lowest BCUT2D eigenvalue weighted by molar-refractivity contribution is 0.235. The van der Waals surface area contributed by atoms with E-state index < -0.39 is 0 Å². The largest absolute Gasteiger partial charge is 0.324 e. The molecular weight excluding hydrogens is 462 g/mol. The molecule has 0 aliphatic carbocycles. The number of aromatic nitrogens is 5. The number of nitrogens with zero attached hydrogens (tertiary/aromatic N) is 6. The Balaban J connectivity index is 1.61. The van der Waals surface area contributed by atoms with Gasteiger partial charge in [-0.05, 0) is 61.9 Å². The molecule has 1 aliphatic heterocycles. The first-order chi connectivity index (χ1) is 17.4. The van der Waals surface area contributed by atoms with Crippen molar-refractivity contribution in [1.82, 2.24) is 29.2 Å². The van der Waals surface area contributed by atoms with Crippen LogP contribution in [0.25, 0.3) is 16.9 Å². The molecule has 1 aliphatic rings. The van der Waals surface area contributed by atoms with Crippen molar-refractivity contribution in [2.24, 2.45) is 0 Å². The third-order valence-electron chi connectivity index (χ3n) is 7.15. The molecule has 0 radical (unpaired) electrons. The lowest BCUT2D eigenvalue weighted by Gasteiger charge is -2.39. The van der Waals surface area contributed by atoms with E-state index in [4.69, 9.17) is 9.97 Å². The molecule has 0 saturated carbocycles. The molecule has 0 atom stereocenters. The zero-order valence-corrected chi connectivity index (χ0v) is 23.2. The van der Waals surface area contributed by atoms with Gasteiger partial charge in [0.25, 0.3) is 5.56 Å². The van der Waals surface area contributed by atoms with Crippen LogP contribution < -0.4 is 10.9 Å². The fourth-order valence-corrected chi connectivity index (χ4v) is 5.82. The first-order valence-corrected chi connectivity index (χ1v) is 12.9. The highest BCUT2D eigenvalue weighted by atomic mass is 16.1. The van der Waals surface area contributed by atoms with Crippen molar-refractivity contribution < 1.29 is 0 Å². The van der Waals surface area contributed by atoms with Crippen LogP contribution in [0.5, 0.6) is 0 Å². The van der Waals surface area contributed by atoms with Crippen molar-refractivity contribution in [3.05, 3.63) is 69.3 Å². The number of rotatable bonds is 4. The Morgan fingerprint density at radius 3 is 2.59 bits per heavy atom. The van der Waals surface area contributed by atoms with Crippen molar-refractivity contribution in [2.75, 3.05) is 18.9 Å². The third kappa shape index (κ3) is 4.44. The van der Waals surface area contributed by atoms with E-state index in [0.717, 1.165) is 24.5 Å². The summed E-state index contributed by atoms with van der Waals surface area (Å²) in [6.07, 6.45) is 1.62. The molecule has 4 heterocycles. The Morgan fingerprint density at radius 2 is 1.89 bits per heavy atom. The summed E-state index contributed by atoms with van der Waals surface area (Å²) in [5.41, 5.74) is 6.28. The smallest absolute Gasteiger partial charge is 0.278 e. The molecule has 8 nitrogen and oxygen atoms in total. The zero-order valence-electron chi connectivity index (χ0n) is 23.2. The Labute approximate surface area is 218 Å². The molecule has 0 spiro atoms. The lowest BCUT2D eigenvalue weighted by atomic mass is 9.76. The van der Waals surface area contributed by atoms with Gasteiger partial charge in [-0.25, -0.2) is 19.3 Å². The highest BCUT2D eigenvalue weighted by Gasteiger charge is 2.32. The fraction of sp³-hybridized carbons (Fsp3) is 0.448. The highest BCUT2D eigenvalue weighted by molar-refractivity contribution is 5.77. The summed E-state index contributed by atoms with van der Waals surface area (Å²) in [5.74, 6) is 1.12. The Hall–Kier alpha value is -3.52. The summed E-state index contributed by atoms with van der Waals surface area (Å²) < 4.78 is 3.48. The molecule has 1 N–H and O–H groups in total. The van der Waals surface area contributed by atoms with Gasteiger partial charge in [-0.15, -0.1) is 0 Å². The van der Waals surface area contributed by atoms with E-state index in [1.807, 2.05) is 29.8 Å². The normalized spacial score (nSPS) is 15.7. The number of pyridine rings is 1. The van der Waals surface area contributed by atoms with Crippen LogP contribution in [0.3, 0.4) is 0 Å². The summed E-state index contributed by atoms with van der Waals surface area (Å²) in [6.45, 7) is 17.5. The highest BCUT2D eigenvalue weighted by Crippen LogP contribution is 2.37. The van der Waals surface area contributed by atoms with Gasteiger partial charge < -0.3 is 10.2 Å². The molecule has 0 amide bonds. The Morgan fingerprint density at radius 1 is 1.14 bits per heavy atom. The second kappa shape index (κ2) is 8.80. The van der Waals surface area contributed by atoms with E-state index in [9.17, 15) is 4.79 Å². The Kier molecular flexibility index (Phi) is 5.98. The van der Waals surface area contributed by atoms with E-state index in [0.29, 0.717) is 29.3 Å². The number of fused-ring (bicyclic) bond motifs is 2. The van der Waals surface area contributed by atoms with Crippen molar-refractivity contribution in [2.45, 2.75) is 72.4 Å². The number of aryl methyl sites for hydroxylation is 1. The van der Waals surface area contributed by atoms with Crippen LogP contribution in [0.4, 0.5) is 11.6 Å². The van der Waals surface area contributed by atoms with Gasteiger partial charge in [0.15, 0.2) is 11.5 Å². The summed E-state index contributed by atoms with van der Waals surface area (Å²) in [4.78, 5) is 29.8. The standard InChI is InChI=1S/C29H37N7O/c1-9-35-26(37)21-15-30-27(33-25(21)36(35)23-12-10-11-22(32-23)28(3,4)5)31-20-13-18(2)24-19(14-20)16-34(8)17-29(24,6)7/h10-15H,9,16-17H2,1-8H3,(H,30,31,33). The van der Waals surface area contributed by atoms with Crippen LogP contribution in [-0.4, -0.2) is 42.8 Å². The monoisotopic (exact) mass is 499 g/mol.